The monoisotopic (exact) mass is 276 g/mol. The van der Waals surface area contributed by atoms with Gasteiger partial charge in [0.05, 0.1) is 12.1 Å². The zero-order valence-corrected chi connectivity index (χ0v) is 12.6. The summed E-state index contributed by atoms with van der Waals surface area (Å²) in [6.07, 6.45) is 2.16. The topological polar surface area (TPSA) is 50.4 Å². The first kappa shape index (κ1) is 15.0. The molecule has 0 radical (unpaired) electrons. The average Bonchev–Trinajstić information content (AvgIpc) is 2.89. The Morgan fingerprint density at radius 1 is 1.45 bits per heavy atom. The largest absolute Gasteiger partial charge is 0.383 e. The molecule has 2 N–H and O–H groups in total. The first-order valence-electron chi connectivity index (χ1n) is 7.16. The van der Waals surface area contributed by atoms with Crippen molar-refractivity contribution in [3.63, 3.8) is 0 Å². The molecule has 4 heteroatoms. The first-order valence-corrected chi connectivity index (χ1v) is 7.16. The van der Waals surface area contributed by atoms with Crippen molar-refractivity contribution in [2.24, 2.45) is 0 Å². The van der Waals surface area contributed by atoms with Crippen LogP contribution in [0.4, 0.5) is 0 Å². The van der Waals surface area contributed by atoms with E-state index in [2.05, 4.69) is 10.6 Å². The molecule has 0 spiro atoms. The fourth-order valence-corrected chi connectivity index (χ4v) is 2.81. The molecule has 1 aliphatic rings. The molecule has 1 atom stereocenters. The van der Waals surface area contributed by atoms with Gasteiger partial charge in [-0.05, 0) is 50.4 Å². The van der Waals surface area contributed by atoms with Crippen LogP contribution in [0.5, 0.6) is 0 Å². The van der Waals surface area contributed by atoms with Crippen LogP contribution in [0.15, 0.2) is 18.2 Å². The first-order chi connectivity index (χ1) is 9.58. The number of nitrogens with one attached hydrogen (secondary N) is 2. The summed E-state index contributed by atoms with van der Waals surface area (Å²) in [6, 6.07) is 5.83. The van der Waals surface area contributed by atoms with Gasteiger partial charge >= 0.3 is 0 Å². The van der Waals surface area contributed by atoms with E-state index in [1.807, 2.05) is 32.0 Å². The van der Waals surface area contributed by atoms with E-state index in [0.717, 1.165) is 36.1 Å². The van der Waals surface area contributed by atoms with Gasteiger partial charge in [0.2, 0.25) is 0 Å². The number of aryl methyl sites for hydroxylation is 1. The van der Waals surface area contributed by atoms with E-state index in [4.69, 9.17) is 4.74 Å². The molecule has 110 valence electrons. The molecule has 1 saturated heterocycles. The average molecular weight is 276 g/mol. The maximum absolute atomic E-state index is 12.3. The minimum Gasteiger partial charge on any atom is -0.383 e. The zero-order chi connectivity index (χ0) is 14.6. The van der Waals surface area contributed by atoms with Gasteiger partial charge in [-0.25, -0.2) is 0 Å². The van der Waals surface area contributed by atoms with Crippen LogP contribution < -0.4 is 10.6 Å². The molecular formula is C16H24N2O2. The lowest BCUT2D eigenvalue weighted by atomic mass is 9.98. The van der Waals surface area contributed by atoms with Gasteiger partial charge in [0.25, 0.3) is 5.91 Å². The fourth-order valence-electron chi connectivity index (χ4n) is 2.81. The molecule has 0 aromatic heterocycles. The Kier molecular flexibility index (Phi) is 4.78. The molecule has 1 heterocycles. The summed E-state index contributed by atoms with van der Waals surface area (Å²) in [4.78, 5) is 12.3. The number of rotatable bonds is 5. The van der Waals surface area contributed by atoms with Crippen LogP contribution in [-0.4, -0.2) is 38.3 Å². The molecular weight excluding hydrogens is 252 g/mol. The number of hydrogen-bond acceptors (Lipinski definition) is 3. The van der Waals surface area contributed by atoms with Gasteiger partial charge in [-0.1, -0.05) is 12.1 Å². The second-order valence-corrected chi connectivity index (χ2v) is 5.67. The predicted octanol–water partition coefficient (Wildman–Crippen LogP) is 1.80. The summed E-state index contributed by atoms with van der Waals surface area (Å²) < 4.78 is 5.30. The Labute approximate surface area is 120 Å². The minimum absolute atomic E-state index is 0.00428. The molecule has 1 amide bonds. The zero-order valence-electron chi connectivity index (χ0n) is 12.6. The van der Waals surface area contributed by atoms with Crippen LogP contribution in [0.2, 0.25) is 0 Å². The number of carbonyl (C=O) groups excluding carboxylic acids is 1. The van der Waals surface area contributed by atoms with Gasteiger partial charge in [0, 0.05) is 19.2 Å². The van der Waals surface area contributed by atoms with Crippen molar-refractivity contribution in [1.82, 2.24) is 10.6 Å². The third kappa shape index (κ3) is 3.19. The second-order valence-electron chi connectivity index (χ2n) is 5.67. The molecule has 2 rings (SSSR count). The van der Waals surface area contributed by atoms with Crippen LogP contribution in [0.25, 0.3) is 0 Å². The predicted molar refractivity (Wildman–Crippen MR) is 80.1 cm³/mol. The number of amides is 1. The van der Waals surface area contributed by atoms with E-state index in [-0.39, 0.29) is 11.4 Å². The minimum atomic E-state index is -0.109. The van der Waals surface area contributed by atoms with Crippen molar-refractivity contribution in [3.8, 4) is 0 Å². The van der Waals surface area contributed by atoms with Crippen LogP contribution in [0, 0.1) is 13.8 Å². The van der Waals surface area contributed by atoms with Crippen molar-refractivity contribution >= 4 is 5.91 Å². The smallest absolute Gasteiger partial charge is 0.251 e. The number of carbonyl (C=O) groups is 1. The van der Waals surface area contributed by atoms with Crippen LogP contribution in [0.3, 0.4) is 0 Å². The van der Waals surface area contributed by atoms with Gasteiger partial charge in [-0.2, -0.15) is 0 Å². The second kappa shape index (κ2) is 6.37. The van der Waals surface area contributed by atoms with Crippen LogP contribution >= 0.6 is 0 Å². The normalized spacial score (nSPS) is 21.9. The van der Waals surface area contributed by atoms with Crippen LogP contribution in [-0.2, 0) is 4.74 Å². The Morgan fingerprint density at radius 3 is 2.90 bits per heavy atom. The molecule has 1 unspecified atom stereocenters. The number of methoxy groups -OCH3 is 1. The lowest BCUT2D eigenvalue weighted by Gasteiger charge is -2.29. The molecule has 20 heavy (non-hydrogen) atoms. The maximum atomic E-state index is 12.3. The molecule has 1 aromatic rings. The quantitative estimate of drug-likeness (QED) is 0.862. The van der Waals surface area contributed by atoms with E-state index in [1.54, 1.807) is 7.11 Å². The summed E-state index contributed by atoms with van der Waals surface area (Å²) >= 11 is 0. The summed E-state index contributed by atoms with van der Waals surface area (Å²) in [5.41, 5.74) is 2.84. The highest BCUT2D eigenvalue weighted by molar-refractivity contribution is 5.95. The van der Waals surface area contributed by atoms with E-state index in [0.29, 0.717) is 13.2 Å². The van der Waals surface area contributed by atoms with Crippen molar-refractivity contribution in [2.75, 3.05) is 26.8 Å². The summed E-state index contributed by atoms with van der Waals surface area (Å²) in [5.74, 6) is -0.00428. The van der Waals surface area contributed by atoms with Crippen molar-refractivity contribution in [3.05, 3.63) is 34.9 Å². The molecule has 1 fully saturated rings. The molecule has 0 bridgehead atoms. The Hall–Kier alpha value is -1.39. The highest BCUT2D eigenvalue weighted by Gasteiger charge is 2.33. The van der Waals surface area contributed by atoms with Gasteiger partial charge in [0.1, 0.15) is 0 Å². The highest BCUT2D eigenvalue weighted by atomic mass is 16.5. The molecule has 0 saturated carbocycles. The lowest BCUT2D eigenvalue weighted by Crippen LogP contribution is -2.53. The third-order valence-corrected chi connectivity index (χ3v) is 4.19. The van der Waals surface area contributed by atoms with Gasteiger partial charge < -0.3 is 15.4 Å². The Balaban J connectivity index is 2.02. The Bertz CT molecular complexity index is 479. The molecule has 0 aliphatic carbocycles. The Morgan fingerprint density at radius 2 is 2.25 bits per heavy atom. The molecule has 1 aromatic carbocycles. The van der Waals surface area contributed by atoms with E-state index in [9.17, 15) is 4.79 Å². The maximum Gasteiger partial charge on any atom is 0.251 e. The van der Waals surface area contributed by atoms with Gasteiger partial charge in [-0.15, -0.1) is 0 Å². The van der Waals surface area contributed by atoms with Crippen molar-refractivity contribution in [1.29, 1.82) is 0 Å². The van der Waals surface area contributed by atoms with Crippen molar-refractivity contribution in [2.45, 2.75) is 32.2 Å². The third-order valence-electron chi connectivity index (χ3n) is 4.19. The van der Waals surface area contributed by atoms with Crippen LogP contribution in [0.1, 0.15) is 34.3 Å². The van der Waals surface area contributed by atoms with Crippen molar-refractivity contribution < 1.29 is 9.53 Å². The summed E-state index contributed by atoms with van der Waals surface area (Å²) in [5, 5.41) is 6.52. The highest BCUT2D eigenvalue weighted by Crippen LogP contribution is 2.19. The fraction of sp³-hybridized carbons (Fsp3) is 0.562. The number of ether oxygens (including phenoxy) is 1. The molecule has 1 aliphatic heterocycles. The lowest BCUT2D eigenvalue weighted by molar-refractivity contribution is 0.0891. The molecule has 4 nitrogen and oxygen atoms in total. The standard InChI is InChI=1S/C16H24N2O2/c1-12-6-4-7-14(13(12)2)15(19)17-10-16(11-20-3)8-5-9-18-16/h4,6-7,18H,5,8-11H2,1-3H3,(H,17,19). The number of hydrogen-bond donors (Lipinski definition) is 2. The van der Waals surface area contributed by atoms with E-state index < -0.39 is 0 Å². The van der Waals surface area contributed by atoms with Gasteiger partial charge in [0.15, 0.2) is 0 Å². The van der Waals surface area contributed by atoms with E-state index >= 15 is 0 Å². The van der Waals surface area contributed by atoms with Gasteiger partial charge in [-0.3, -0.25) is 4.79 Å². The number of benzene rings is 1. The van der Waals surface area contributed by atoms with E-state index in [1.165, 1.54) is 0 Å². The summed E-state index contributed by atoms with van der Waals surface area (Å²) in [6.45, 7) is 6.23. The summed E-state index contributed by atoms with van der Waals surface area (Å²) in [7, 11) is 1.70. The SMILES string of the molecule is COCC1(CNC(=O)c2cccc(C)c2C)CCCN1.